The highest BCUT2D eigenvalue weighted by Gasteiger charge is 2.52. The van der Waals surface area contributed by atoms with E-state index in [2.05, 4.69) is 9.97 Å². The highest BCUT2D eigenvalue weighted by Crippen LogP contribution is 2.62. The molecule has 0 spiro atoms. The van der Waals surface area contributed by atoms with Crippen LogP contribution in [0, 0.1) is 17.8 Å². The van der Waals surface area contributed by atoms with E-state index in [0.29, 0.717) is 28.0 Å². The number of ether oxygens (including phenoxy) is 1. The predicted octanol–water partition coefficient (Wildman–Crippen LogP) is 7.87. The van der Waals surface area contributed by atoms with Crippen LogP contribution in [-0.4, -0.2) is 9.97 Å². The third-order valence-electron chi connectivity index (χ3n) is 8.87. The summed E-state index contributed by atoms with van der Waals surface area (Å²) >= 11 is 0. The summed E-state index contributed by atoms with van der Waals surface area (Å²) in [6, 6.07) is 18.1. The lowest BCUT2D eigenvalue weighted by atomic mass is 9.48. The second-order valence-electron chi connectivity index (χ2n) is 11.5. The molecule has 3 aromatic carbocycles. The summed E-state index contributed by atoms with van der Waals surface area (Å²) in [5.41, 5.74) is 0.898. The molecule has 4 fully saturated rings. The van der Waals surface area contributed by atoms with Gasteiger partial charge >= 0.3 is 6.18 Å². The first-order chi connectivity index (χ1) is 18.3. The van der Waals surface area contributed by atoms with Crippen LogP contribution in [-0.2, 0) is 11.6 Å². The van der Waals surface area contributed by atoms with Crippen molar-refractivity contribution in [1.29, 1.82) is 0 Å². The molecule has 0 amide bonds. The Balaban J connectivity index is 1.36. The lowest BCUT2D eigenvalue weighted by Crippen LogP contribution is -2.48. The second kappa shape index (κ2) is 8.45. The van der Waals surface area contributed by atoms with Gasteiger partial charge in [0, 0.05) is 17.2 Å². The molecule has 0 unspecified atom stereocenters. The van der Waals surface area contributed by atoms with Gasteiger partial charge in [0.15, 0.2) is 0 Å². The highest BCUT2D eigenvalue weighted by molar-refractivity contribution is 5.83. The van der Waals surface area contributed by atoms with E-state index in [1.165, 1.54) is 31.4 Å². The third-order valence-corrected chi connectivity index (χ3v) is 8.87. The minimum Gasteiger partial charge on any atom is -0.457 e. The Bertz CT molecular complexity index is 1540. The second-order valence-corrected chi connectivity index (χ2v) is 11.5. The van der Waals surface area contributed by atoms with E-state index in [0.717, 1.165) is 54.7 Å². The molecule has 4 nitrogen and oxygen atoms in total. The third kappa shape index (κ3) is 3.99. The first kappa shape index (κ1) is 23.5. The molecule has 0 radical (unpaired) electrons. The Kier molecular flexibility index (Phi) is 5.23. The summed E-state index contributed by atoms with van der Waals surface area (Å²) in [6.07, 6.45) is 2.83. The van der Waals surface area contributed by atoms with E-state index in [1.54, 1.807) is 0 Å². The summed E-state index contributed by atoms with van der Waals surface area (Å²) in [5.74, 6) is 3.82. The van der Waals surface area contributed by atoms with E-state index in [4.69, 9.17) is 4.74 Å². The van der Waals surface area contributed by atoms with Crippen LogP contribution < -0.4 is 10.3 Å². The summed E-state index contributed by atoms with van der Waals surface area (Å²) in [5, 5.41) is 0.479. The van der Waals surface area contributed by atoms with Crippen LogP contribution in [0.3, 0.4) is 0 Å². The van der Waals surface area contributed by atoms with Gasteiger partial charge in [-0.15, -0.1) is 0 Å². The van der Waals surface area contributed by atoms with Gasteiger partial charge in [0.2, 0.25) is 0 Å². The van der Waals surface area contributed by atoms with Crippen molar-refractivity contribution in [2.75, 3.05) is 0 Å². The number of H-pyrrole nitrogens is 1. The van der Waals surface area contributed by atoms with Crippen molar-refractivity contribution in [3.05, 3.63) is 88.2 Å². The van der Waals surface area contributed by atoms with Crippen molar-refractivity contribution in [2.24, 2.45) is 17.8 Å². The number of rotatable bonds is 4. The average Bonchev–Trinajstić information content (AvgIpc) is 2.87. The Hall–Kier alpha value is -3.61. The fourth-order valence-electron chi connectivity index (χ4n) is 7.68. The van der Waals surface area contributed by atoms with Gasteiger partial charge in [-0.05, 0) is 92.0 Å². The van der Waals surface area contributed by atoms with Crippen LogP contribution in [0.2, 0.25) is 0 Å². The Morgan fingerprint density at radius 3 is 2.11 bits per heavy atom. The summed E-state index contributed by atoms with van der Waals surface area (Å²) < 4.78 is 45.6. The average molecular weight is 517 g/mol. The zero-order chi connectivity index (χ0) is 26.1. The number of alkyl halides is 3. The van der Waals surface area contributed by atoms with Crippen molar-refractivity contribution < 1.29 is 17.9 Å². The number of para-hydroxylation sites is 1. The van der Waals surface area contributed by atoms with Gasteiger partial charge in [-0.2, -0.15) is 13.2 Å². The zero-order valence-electron chi connectivity index (χ0n) is 20.7. The maximum Gasteiger partial charge on any atom is 0.416 e. The summed E-state index contributed by atoms with van der Waals surface area (Å²) in [6.45, 7) is 0. The van der Waals surface area contributed by atoms with Gasteiger partial charge in [-0.1, -0.05) is 30.3 Å². The van der Waals surface area contributed by atoms with Crippen LogP contribution in [0.15, 0.2) is 71.5 Å². The number of hydrogen-bond acceptors (Lipinski definition) is 3. The minimum absolute atomic E-state index is 0.00834. The van der Waals surface area contributed by atoms with Crippen LogP contribution in [0.25, 0.3) is 22.3 Å². The number of hydrogen-bond donors (Lipinski definition) is 1. The quantitative estimate of drug-likeness (QED) is 0.300. The molecule has 8 rings (SSSR count). The molecule has 0 atom stereocenters. The number of nitrogens with one attached hydrogen (secondary N) is 1. The molecule has 0 aliphatic heterocycles. The number of fused-ring (bicyclic) bond motifs is 1. The normalized spacial score (nSPS) is 26.1. The largest absolute Gasteiger partial charge is 0.457 e. The van der Waals surface area contributed by atoms with Gasteiger partial charge in [-0.25, -0.2) is 4.98 Å². The van der Waals surface area contributed by atoms with Gasteiger partial charge in [0.05, 0.1) is 16.5 Å². The minimum atomic E-state index is -4.43. The van der Waals surface area contributed by atoms with Gasteiger partial charge in [0.1, 0.15) is 17.3 Å². The highest BCUT2D eigenvalue weighted by atomic mass is 19.4. The molecule has 7 heteroatoms. The summed E-state index contributed by atoms with van der Waals surface area (Å²) in [4.78, 5) is 20.8. The van der Waals surface area contributed by atoms with Crippen molar-refractivity contribution >= 4 is 10.9 Å². The van der Waals surface area contributed by atoms with E-state index < -0.39 is 11.7 Å². The molecule has 194 valence electrons. The van der Waals surface area contributed by atoms with Gasteiger partial charge in [-0.3, -0.25) is 4.79 Å². The van der Waals surface area contributed by atoms with E-state index in [1.807, 2.05) is 42.5 Å². The number of benzene rings is 3. The Labute approximate surface area is 217 Å². The molecule has 4 saturated carbocycles. The summed E-state index contributed by atoms with van der Waals surface area (Å²) in [7, 11) is 0. The van der Waals surface area contributed by atoms with Crippen molar-refractivity contribution in [1.82, 2.24) is 9.97 Å². The molecule has 38 heavy (non-hydrogen) atoms. The fraction of sp³-hybridized carbons (Fsp3) is 0.355. The SMILES string of the molecule is O=c1[nH]c(-c2ccc(C(F)(F)F)cc2)nc2cc(Oc3ccccc3)c(C34CC5CC(CC(C5)C3)C4)cc12. The van der Waals surface area contributed by atoms with Crippen molar-refractivity contribution in [2.45, 2.75) is 50.1 Å². The van der Waals surface area contributed by atoms with Crippen LogP contribution in [0.5, 0.6) is 11.5 Å². The molecule has 1 N–H and O–H groups in total. The maximum atomic E-state index is 13.3. The van der Waals surface area contributed by atoms with E-state index in [-0.39, 0.29) is 16.8 Å². The van der Waals surface area contributed by atoms with Crippen molar-refractivity contribution in [3.8, 4) is 22.9 Å². The van der Waals surface area contributed by atoms with Crippen molar-refractivity contribution in [3.63, 3.8) is 0 Å². The smallest absolute Gasteiger partial charge is 0.416 e. The van der Waals surface area contributed by atoms with E-state index >= 15 is 0 Å². The maximum absolute atomic E-state index is 13.3. The molecule has 4 bridgehead atoms. The van der Waals surface area contributed by atoms with E-state index in [9.17, 15) is 18.0 Å². The Morgan fingerprint density at radius 1 is 0.868 bits per heavy atom. The molecule has 0 saturated heterocycles. The number of aromatic amines is 1. The van der Waals surface area contributed by atoms with Crippen LogP contribution in [0.4, 0.5) is 13.2 Å². The molecular weight excluding hydrogens is 489 g/mol. The standard InChI is InChI=1S/C31H27F3N2O2/c32-31(33,34)22-8-6-21(7-9-22)28-35-26-14-27(38-23-4-2-1-3-5-23)25(13-24(26)29(37)36-28)30-15-18-10-19(16-30)12-20(11-18)17-30/h1-9,13-14,18-20H,10-12,15-17H2,(H,35,36,37). The topological polar surface area (TPSA) is 55.0 Å². The lowest BCUT2D eigenvalue weighted by molar-refractivity contribution is -0.137. The molecule has 4 aliphatic carbocycles. The molecule has 4 aliphatic rings. The first-order valence-corrected chi connectivity index (χ1v) is 13.2. The molecule has 1 aromatic heterocycles. The van der Waals surface area contributed by atoms with Crippen LogP contribution >= 0.6 is 0 Å². The number of nitrogens with zero attached hydrogens (tertiary/aromatic N) is 1. The van der Waals surface area contributed by atoms with Gasteiger partial charge < -0.3 is 9.72 Å². The molecule has 1 heterocycles. The monoisotopic (exact) mass is 516 g/mol. The zero-order valence-corrected chi connectivity index (χ0v) is 20.7. The Morgan fingerprint density at radius 2 is 1.50 bits per heavy atom. The number of halogens is 3. The molecular formula is C31H27F3N2O2. The fourth-order valence-corrected chi connectivity index (χ4v) is 7.68. The molecule has 4 aromatic rings. The van der Waals surface area contributed by atoms with Crippen LogP contribution in [0.1, 0.15) is 49.7 Å². The van der Waals surface area contributed by atoms with Gasteiger partial charge in [0.25, 0.3) is 5.56 Å². The lowest BCUT2D eigenvalue weighted by Gasteiger charge is -2.57. The number of aromatic nitrogens is 2. The first-order valence-electron chi connectivity index (χ1n) is 13.2. The predicted molar refractivity (Wildman–Crippen MR) is 139 cm³/mol.